The average molecular weight is 575 g/mol. The average Bonchev–Trinajstić information content (AvgIpc) is 3.23. The molecular weight excluding hydrogens is 544 g/mol. The molecule has 0 spiro atoms. The molecule has 3 rings (SSSR count). The Labute approximate surface area is 223 Å². The number of aryl methyl sites for hydroxylation is 2. The number of ether oxygens (including phenoxy) is 1. The van der Waals surface area contributed by atoms with E-state index >= 15 is 0 Å². The van der Waals surface area contributed by atoms with Crippen molar-refractivity contribution in [1.82, 2.24) is 19.9 Å². The second kappa shape index (κ2) is 11.9. The summed E-state index contributed by atoms with van der Waals surface area (Å²) < 4.78 is 83.3. The number of aromatic nitrogens is 3. The van der Waals surface area contributed by atoms with Crippen LogP contribution in [0.25, 0.3) is 16.8 Å². The molecule has 1 atom stereocenters. The van der Waals surface area contributed by atoms with Crippen LogP contribution in [0.2, 0.25) is 0 Å². The Morgan fingerprint density at radius 1 is 1.18 bits per heavy atom. The number of benzene rings is 1. The molecule has 39 heavy (non-hydrogen) atoms. The number of hydrogen-bond acceptors (Lipinski definition) is 7. The lowest BCUT2D eigenvalue weighted by Crippen LogP contribution is -2.32. The van der Waals surface area contributed by atoms with E-state index in [-0.39, 0.29) is 19.4 Å². The first-order valence-corrected chi connectivity index (χ1v) is 13.5. The summed E-state index contributed by atoms with van der Waals surface area (Å²) in [5, 5.41) is 6.94. The van der Waals surface area contributed by atoms with Gasteiger partial charge in [0.05, 0.1) is 17.8 Å². The fourth-order valence-electron chi connectivity index (χ4n) is 3.71. The molecule has 0 aliphatic carbocycles. The third kappa shape index (κ3) is 8.36. The SMILES string of the molecule is Cc1cc(-c2ncnn3cc(CCCC(F)COS(=O)(=O)C(F)(F)F)cc23)ccc1CNC(=O)OC(C)(C)C. The van der Waals surface area contributed by atoms with Crippen LogP contribution in [0.4, 0.5) is 22.4 Å². The Hall–Kier alpha value is -3.26. The molecule has 1 amide bonds. The minimum atomic E-state index is -5.82. The summed E-state index contributed by atoms with van der Waals surface area (Å²) in [4.78, 5) is 16.4. The number of carbonyl (C=O) groups excluding carboxylic acids is 1. The van der Waals surface area contributed by atoms with Crippen molar-refractivity contribution < 1.29 is 39.7 Å². The number of amides is 1. The lowest BCUT2D eigenvalue weighted by Gasteiger charge is -2.20. The van der Waals surface area contributed by atoms with Gasteiger partial charge in [-0.15, -0.1) is 0 Å². The third-order valence-corrected chi connectivity index (χ3v) is 6.58. The van der Waals surface area contributed by atoms with E-state index in [9.17, 15) is 30.8 Å². The van der Waals surface area contributed by atoms with Crippen molar-refractivity contribution in [3.63, 3.8) is 0 Å². The minimum Gasteiger partial charge on any atom is -0.444 e. The fraction of sp³-hybridized carbons (Fsp3) is 0.480. The largest absolute Gasteiger partial charge is 0.523 e. The minimum absolute atomic E-state index is 0.184. The number of hydrogen-bond donors (Lipinski definition) is 1. The van der Waals surface area contributed by atoms with E-state index in [2.05, 4.69) is 19.6 Å². The maximum Gasteiger partial charge on any atom is 0.523 e. The first-order valence-electron chi connectivity index (χ1n) is 12.0. The maximum absolute atomic E-state index is 13.9. The summed E-state index contributed by atoms with van der Waals surface area (Å²) >= 11 is 0. The normalized spacial score (nSPS) is 13.4. The zero-order valence-corrected chi connectivity index (χ0v) is 22.7. The van der Waals surface area contributed by atoms with E-state index in [0.717, 1.165) is 22.3 Å². The van der Waals surface area contributed by atoms with E-state index in [1.807, 2.05) is 31.2 Å². The standard InChI is InChI=1S/C25H30F4N4O5S/c1-16-10-18(8-9-19(16)12-30-23(34)38-24(2,3)4)22-21-11-17(13-33(21)32-15-31-22)6-5-7-20(26)14-37-39(35,36)25(27,28)29/h8-11,13,15,20H,5-7,12,14H2,1-4H3,(H,30,34). The Morgan fingerprint density at radius 3 is 2.54 bits per heavy atom. The second-order valence-corrected chi connectivity index (χ2v) is 11.6. The van der Waals surface area contributed by atoms with Gasteiger partial charge >= 0.3 is 21.7 Å². The predicted octanol–water partition coefficient (Wildman–Crippen LogP) is 5.26. The maximum atomic E-state index is 13.9. The molecular formula is C25H30F4N4O5S. The Morgan fingerprint density at radius 2 is 1.90 bits per heavy atom. The van der Waals surface area contributed by atoms with Crippen LogP contribution in [0.5, 0.6) is 0 Å². The Kier molecular flexibility index (Phi) is 9.21. The summed E-state index contributed by atoms with van der Waals surface area (Å²) in [5.74, 6) is 0. The number of halogens is 4. The van der Waals surface area contributed by atoms with Gasteiger partial charge in [0.1, 0.15) is 18.1 Å². The van der Waals surface area contributed by atoms with Gasteiger partial charge in [0, 0.05) is 18.3 Å². The number of carbonyl (C=O) groups is 1. The van der Waals surface area contributed by atoms with E-state index in [1.165, 1.54) is 6.33 Å². The second-order valence-electron chi connectivity index (χ2n) is 9.96. The topological polar surface area (TPSA) is 112 Å². The summed E-state index contributed by atoms with van der Waals surface area (Å²) in [7, 11) is -5.82. The van der Waals surface area contributed by atoms with Crippen LogP contribution >= 0.6 is 0 Å². The third-order valence-electron chi connectivity index (χ3n) is 5.57. The lowest BCUT2D eigenvalue weighted by molar-refractivity contribution is -0.0553. The number of alkyl carbamates (subject to hydrolysis) is 1. The molecule has 1 aromatic carbocycles. The highest BCUT2D eigenvalue weighted by atomic mass is 32.2. The lowest BCUT2D eigenvalue weighted by atomic mass is 10.0. The van der Waals surface area contributed by atoms with Crippen LogP contribution in [-0.4, -0.2) is 53.0 Å². The van der Waals surface area contributed by atoms with Crippen LogP contribution in [-0.2, 0) is 32.0 Å². The molecule has 0 aliphatic rings. The number of nitrogens with one attached hydrogen (secondary N) is 1. The van der Waals surface area contributed by atoms with Gasteiger partial charge in [0.15, 0.2) is 0 Å². The molecule has 0 bridgehead atoms. The monoisotopic (exact) mass is 574 g/mol. The fourth-order valence-corrected chi connectivity index (χ4v) is 4.17. The molecule has 2 heterocycles. The van der Waals surface area contributed by atoms with Gasteiger partial charge in [0.2, 0.25) is 0 Å². The molecule has 0 radical (unpaired) electrons. The number of nitrogens with zero attached hydrogens (tertiary/aromatic N) is 3. The van der Waals surface area contributed by atoms with Crippen LogP contribution in [0.15, 0.2) is 36.8 Å². The smallest absolute Gasteiger partial charge is 0.444 e. The number of fused-ring (bicyclic) bond motifs is 1. The molecule has 214 valence electrons. The Balaban J connectivity index is 1.63. The highest BCUT2D eigenvalue weighted by Gasteiger charge is 2.47. The van der Waals surface area contributed by atoms with Gasteiger partial charge in [-0.3, -0.25) is 4.18 Å². The summed E-state index contributed by atoms with van der Waals surface area (Å²) in [6.45, 7) is 6.36. The summed E-state index contributed by atoms with van der Waals surface area (Å²) in [6, 6.07) is 7.52. The van der Waals surface area contributed by atoms with Crippen molar-refractivity contribution >= 4 is 21.7 Å². The molecule has 0 saturated heterocycles. The van der Waals surface area contributed by atoms with Crippen molar-refractivity contribution in [1.29, 1.82) is 0 Å². The molecule has 0 saturated carbocycles. The number of alkyl halides is 4. The van der Waals surface area contributed by atoms with Crippen LogP contribution < -0.4 is 5.32 Å². The van der Waals surface area contributed by atoms with Gasteiger partial charge in [-0.25, -0.2) is 18.7 Å². The van der Waals surface area contributed by atoms with Crippen LogP contribution in [0.3, 0.4) is 0 Å². The van der Waals surface area contributed by atoms with E-state index in [1.54, 1.807) is 31.5 Å². The molecule has 2 aromatic heterocycles. The van der Waals surface area contributed by atoms with Crippen molar-refractivity contribution in [3.05, 3.63) is 53.5 Å². The van der Waals surface area contributed by atoms with Crippen molar-refractivity contribution in [2.24, 2.45) is 0 Å². The van der Waals surface area contributed by atoms with Crippen molar-refractivity contribution in [2.45, 2.75) is 70.8 Å². The van der Waals surface area contributed by atoms with E-state index in [4.69, 9.17) is 4.74 Å². The summed E-state index contributed by atoms with van der Waals surface area (Å²) in [6.07, 6.45) is 1.19. The van der Waals surface area contributed by atoms with Crippen molar-refractivity contribution in [3.8, 4) is 11.3 Å². The molecule has 9 nitrogen and oxygen atoms in total. The van der Waals surface area contributed by atoms with Crippen molar-refractivity contribution in [2.75, 3.05) is 6.61 Å². The quantitative estimate of drug-likeness (QED) is 0.200. The van der Waals surface area contributed by atoms with Gasteiger partial charge in [0.25, 0.3) is 0 Å². The van der Waals surface area contributed by atoms with E-state index in [0.29, 0.717) is 17.6 Å². The van der Waals surface area contributed by atoms with Crippen LogP contribution in [0, 0.1) is 6.92 Å². The van der Waals surface area contributed by atoms with Gasteiger partial charge in [-0.2, -0.15) is 26.7 Å². The predicted molar refractivity (Wildman–Crippen MR) is 135 cm³/mol. The molecule has 0 fully saturated rings. The first-order chi connectivity index (χ1) is 18.1. The molecule has 1 unspecified atom stereocenters. The van der Waals surface area contributed by atoms with Crippen LogP contribution in [0.1, 0.15) is 50.3 Å². The molecule has 3 aromatic rings. The van der Waals surface area contributed by atoms with Gasteiger partial charge in [-0.1, -0.05) is 12.1 Å². The highest BCUT2D eigenvalue weighted by molar-refractivity contribution is 7.87. The van der Waals surface area contributed by atoms with Gasteiger partial charge < -0.3 is 10.1 Å². The zero-order valence-electron chi connectivity index (χ0n) is 21.9. The Bertz CT molecular complexity index is 1420. The summed E-state index contributed by atoms with van der Waals surface area (Å²) in [5.41, 5.74) is -1.40. The molecule has 14 heteroatoms. The zero-order chi connectivity index (χ0) is 29.0. The molecule has 0 aliphatic heterocycles. The number of rotatable bonds is 10. The molecule has 1 N–H and O–H groups in total. The highest BCUT2D eigenvalue weighted by Crippen LogP contribution is 2.27. The van der Waals surface area contributed by atoms with Gasteiger partial charge in [-0.05, 0) is 75.8 Å². The first kappa shape index (κ1) is 30.3. The van der Waals surface area contributed by atoms with E-state index < -0.39 is 40.1 Å².